The Bertz CT molecular complexity index is 268. The minimum absolute atomic E-state index is 0.645. The van der Waals surface area contributed by atoms with Gasteiger partial charge in [-0.15, -0.1) is 5.10 Å². The highest BCUT2D eigenvalue weighted by atomic mass is 15.4. The van der Waals surface area contributed by atoms with Gasteiger partial charge in [0.05, 0.1) is 11.9 Å². The van der Waals surface area contributed by atoms with Crippen LogP contribution in [0.3, 0.4) is 0 Å². The summed E-state index contributed by atoms with van der Waals surface area (Å²) in [6.07, 6.45) is 8.10. The molecule has 0 aliphatic heterocycles. The zero-order valence-corrected chi connectivity index (χ0v) is 10.2. The highest BCUT2D eigenvalue weighted by molar-refractivity contribution is 5.02. The smallest absolute Gasteiger partial charge is 0.0728 e. The van der Waals surface area contributed by atoms with E-state index in [-0.39, 0.29) is 0 Å². The van der Waals surface area contributed by atoms with Gasteiger partial charge in [-0.25, -0.2) is 4.68 Å². The van der Waals surface area contributed by atoms with Crippen molar-refractivity contribution in [3.8, 4) is 0 Å². The molecule has 3 heteroatoms. The standard InChI is InChI=1S/C12H23N3/c1-4-7-8-11(6-3)12-10-13-14-15(12)9-5-2/h10-11H,4-9H2,1-3H3. The molecule has 0 aliphatic rings. The van der Waals surface area contributed by atoms with Gasteiger partial charge in [0.1, 0.15) is 0 Å². The number of aryl methyl sites for hydroxylation is 1. The molecule has 0 radical (unpaired) electrons. The highest BCUT2D eigenvalue weighted by Gasteiger charge is 2.14. The Morgan fingerprint density at radius 3 is 2.67 bits per heavy atom. The average Bonchev–Trinajstić information content (AvgIpc) is 2.68. The molecule has 3 nitrogen and oxygen atoms in total. The Hall–Kier alpha value is -0.860. The lowest BCUT2D eigenvalue weighted by molar-refractivity contribution is 0.488. The van der Waals surface area contributed by atoms with Gasteiger partial charge in [-0.1, -0.05) is 38.8 Å². The molecular formula is C12H23N3. The van der Waals surface area contributed by atoms with E-state index in [0.717, 1.165) is 13.0 Å². The first-order valence-electron chi connectivity index (χ1n) is 6.21. The molecule has 0 saturated carbocycles. The first-order chi connectivity index (χ1) is 7.33. The molecule has 1 aromatic rings. The number of hydrogen-bond donors (Lipinski definition) is 0. The highest BCUT2D eigenvalue weighted by Crippen LogP contribution is 2.24. The third-order valence-corrected chi connectivity index (χ3v) is 2.90. The Balaban J connectivity index is 2.67. The third kappa shape index (κ3) is 3.33. The monoisotopic (exact) mass is 209 g/mol. The van der Waals surface area contributed by atoms with Crippen molar-refractivity contribution in [2.45, 2.75) is 65.3 Å². The number of unbranched alkanes of at least 4 members (excludes halogenated alkanes) is 1. The Labute approximate surface area is 92.9 Å². The Morgan fingerprint density at radius 1 is 1.27 bits per heavy atom. The lowest BCUT2D eigenvalue weighted by Gasteiger charge is -2.15. The van der Waals surface area contributed by atoms with Gasteiger partial charge >= 0.3 is 0 Å². The second kappa shape index (κ2) is 6.59. The first-order valence-corrected chi connectivity index (χ1v) is 6.21. The molecule has 0 spiro atoms. The van der Waals surface area contributed by atoms with Crippen molar-refractivity contribution in [1.82, 2.24) is 15.0 Å². The summed E-state index contributed by atoms with van der Waals surface area (Å²) in [5, 5.41) is 8.18. The van der Waals surface area contributed by atoms with Gasteiger partial charge in [0.2, 0.25) is 0 Å². The van der Waals surface area contributed by atoms with Crippen LogP contribution in [0.2, 0.25) is 0 Å². The summed E-state index contributed by atoms with van der Waals surface area (Å²) in [6.45, 7) is 7.67. The third-order valence-electron chi connectivity index (χ3n) is 2.90. The molecule has 0 saturated heterocycles. The number of aromatic nitrogens is 3. The molecule has 0 bridgehead atoms. The van der Waals surface area contributed by atoms with E-state index in [2.05, 4.69) is 35.8 Å². The van der Waals surface area contributed by atoms with Gasteiger partial charge in [0, 0.05) is 12.5 Å². The summed E-state index contributed by atoms with van der Waals surface area (Å²) in [5.41, 5.74) is 1.33. The van der Waals surface area contributed by atoms with Crippen LogP contribution in [0.4, 0.5) is 0 Å². The molecule has 0 amide bonds. The van der Waals surface area contributed by atoms with E-state index in [4.69, 9.17) is 0 Å². The largest absolute Gasteiger partial charge is 0.249 e. The molecule has 0 aromatic carbocycles. The summed E-state index contributed by atoms with van der Waals surface area (Å²) in [6, 6.07) is 0. The summed E-state index contributed by atoms with van der Waals surface area (Å²) >= 11 is 0. The van der Waals surface area contributed by atoms with Crippen molar-refractivity contribution >= 4 is 0 Å². The maximum Gasteiger partial charge on any atom is 0.0728 e. The van der Waals surface area contributed by atoms with Gasteiger partial charge in [-0.05, 0) is 19.3 Å². The SMILES string of the molecule is CCCCC(CC)c1cnnn1CCC. The van der Waals surface area contributed by atoms with Crippen LogP contribution in [-0.4, -0.2) is 15.0 Å². The van der Waals surface area contributed by atoms with E-state index < -0.39 is 0 Å². The predicted octanol–water partition coefficient (Wildman–Crippen LogP) is 3.37. The van der Waals surface area contributed by atoms with E-state index in [9.17, 15) is 0 Å². The van der Waals surface area contributed by atoms with Crippen molar-refractivity contribution < 1.29 is 0 Å². The topological polar surface area (TPSA) is 30.7 Å². The average molecular weight is 209 g/mol. The van der Waals surface area contributed by atoms with Crippen LogP contribution in [-0.2, 0) is 6.54 Å². The predicted molar refractivity (Wildman–Crippen MR) is 62.9 cm³/mol. The molecule has 1 heterocycles. The minimum Gasteiger partial charge on any atom is -0.249 e. The molecule has 0 aliphatic carbocycles. The van der Waals surface area contributed by atoms with Crippen molar-refractivity contribution in [3.05, 3.63) is 11.9 Å². The molecule has 1 atom stereocenters. The van der Waals surface area contributed by atoms with Gasteiger partial charge in [0.25, 0.3) is 0 Å². The fraction of sp³-hybridized carbons (Fsp3) is 0.833. The normalized spacial score (nSPS) is 13.0. The van der Waals surface area contributed by atoms with Crippen molar-refractivity contribution in [2.24, 2.45) is 0 Å². The molecule has 1 unspecified atom stereocenters. The molecular weight excluding hydrogens is 186 g/mol. The molecule has 1 rings (SSSR count). The molecule has 1 aromatic heterocycles. The molecule has 0 fully saturated rings. The zero-order valence-electron chi connectivity index (χ0n) is 10.2. The quantitative estimate of drug-likeness (QED) is 0.689. The van der Waals surface area contributed by atoms with Crippen molar-refractivity contribution in [2.75, 3.05) is 0 Å². The van der Waals surface area contributed by atoms with Crippen LogP contribution >= 0.6 is 0 Å². The minimum atomic E-state index is 0.645. The maximum atomic E-state index is 4.15. The van der Waals surface area contributed by atoms with Crippen molar-refractivity contribution in [1.29, 1.82) is 0 Å². The van der Waals surface area contributed by atoms with Crippen LogP contribution < -0.4 is 0 Å². The lowest BCUT2D eigenvalue weighted by atomic mass is 9.96. The number of nitrogens with zero attached hydrogens (tertiary/aromatic N) is 3. The number of hydrogen-bond acceptors (Lipinski definition) is 2. The second-order valence-electron chi connectivity index (χ2n) is 4.13. The molecule has 15 heavy (non-hydrogen) atoms. The Morgan fingerprint density at radius 2 is 2.07 bits per heavy atom. The summed E-state index contributed by atoms with van der Waals surface area (Å²) in [4.78, 5) is 0. The summed E-state index contributed by atoms with van der Waals surface area (Å²) < 4.78 is 2.07. The zero-order chi connectivity index (χ0) is 11.1. The van der Waals surface area contributed by atoms with Crippen LogP contribution in [0.25, 0.3) is 0 Å². The van der Waals surface area contributed by atoms with E-state index >= 15 is 0 Å². The van der Waals surface area contributed by atoms with Crippen LogP contribution in [0.5, 0.6) is 0 Å². The van der Waals surface area contributed by atoms with E-state index in [0.29, 0.717) is 5.92 Å². The van der Waals surface area contributed by atoms with Crippen molar-refractivity contribution in [3.63, 3.8) is 0 Å². The maximum absolute atomic E-state index is 4.15. The van der Waals surface area contributed by atoms with Gasteiger partial charge < -0.3 is 0 Å². The molecule has 86 valence electrons. The van der Waals surface area contributed by atoms with Crippen LogP contribution in [0, 0.1) is 0 Å². The fourth-order valence-corrected chi connectivity index (χ4v) is 1.98. The first kappa shape index (κ1) is 12.2. The van der Waals surface area contributed by atoms with Crippen LogP contribution in [0.15, 0.2) is 6.20 Å². The summed E-state index contributed by atoms with van der Waals surface area (Å²) in [7, 11) is 0. The van der Waals surface area contributed by atoms with Gasteiger partial charge in [0.15, 0.2) is 0 Å². The fourth-order valence-electron chi connectivity index (χ4n) is 1.98. The second-order valence-corrected chi connectivity index (χ2v) is 4.13. The lowest BCUT2D eigenvalue weighted by Crippen LogP contribution is -2.09. The van der Waals surface area contributed by atoms with Gasteiger partial charge in [-0.2, -0.15) is 0 Å². The van der Waals surface area contributed by atoms with Crippen LogP contribution in [0.1, 0.15) is 64.5 Å². The Kier molecular flexibility index (Phi) is 5.37. The molecule has 0 N–H and O–H groups in total. The number of rotatable bonds is 7. The van der Waals surface area contributed by atoms with E-state index in [1.807, 2.05) is 6.20 Å². The van der Waals surface area contributed by atoms with E-state index in [1.165, 1.54) is 31.4 Å². The van der Waals surface area contributed by atoms with Gasteiger partial charge in [-0.3, -0.25) is 0 Å². The summed E-state index contributed by atoms with van der Waals surface area (Å²) in [5.74, 6) is 0.645. The van der Waals surface area contributed by atoms with E-state index in [1.54, 1.807) is 0 Å².